The molecule has 1 aromatic carbocycles. The van der Waals surface area contributed by atoms with Gasteiger partial charge in [0.25, 0.3) is 0 Å². The van der Waals surface area contributed by atoms with Gasteiger partial charge in [-0.05, 0) is 31.2 Å². The van der Waals surface area contributed by atoms with Crippen molar-refractivity contribution in [2.45, 2.75) is 83.5 Å². The van der Waals surface area contributed by atoms with Gasteiger partial charge in [0.2, 0.25) is 0 Å². The van der Waals surface area contributed by atoms with Gasteiger partial charge in [-0.1, -0.05) is 87.6 Å². The zero-order valence-corrected chi connectivity index (χ0v) is 12.7. The Kier molecular flexibility index (Phi) is 6.47. The van der Waals surface area contributed by atoms with Crippen LogP contribution in [0.15, 0.2) is 24.3 Å². The normalized spacial score (nSPS) is 20.5. The summed E-state index contributed by atoms with van der Waals surface area (Å²) in [6, 6.07) is 9.30. The van der Waals surface area contributed by atoms with Crippen LogP contribution in [0.4, 0.5) is 0 Å². The van der Waals surface area contributed by atoms with Gasteiger partial charge < -0.3 is 0 Å². The van der Waals surface area contributed by atoms with E-state index in [4.69, 9.17) is 0 Å². The monoisotopic (exact) mass is 258 g/mol. The molecule has 0 radical (unpaired) electrons. The number of benzene rings is 1. The molecule has 0 aromatic heterocycles. The third-order valence-electron chi connectivity index (χ3n) is 4.65. The molecule has 0 bridgehead atoms. The van der Waals surface area contributed by atoms with Crippen molar-refractivity contribution in [3.8, 4) is 0 Å². The highest BCUT2D eigenvalue weighted by atomic mass is 14.2. The standard InChI is InChI=1S/C19H30/c1-17-13-15-19(16-14-17)18-11-9-7-5-3-2-4-6-8-10-12-18/h13-16,18H,2-12H2,1H3. The minimum Gasteiger partial charge on any atom is -0.0590 e. The molecule has 1 aliphatic rings. The fourth-order valence-corrected chi connectivity index (χ4v) is 3.34. The van der Waals surface area contributed by atoms with Gasteiger partial charge in [-0.2, -0.15) is 0 Å². The maximum absolute atomic E-state index is 2.37. The molecule has 0 unspecified atom stereocenters. The van der Waals surface area contributed by atoms with E-state index in [0.717, 1.165) is 5.92 Å². The van der Waals surface area contributed by atoms with E-state index in [1.54, 1.807) is 5.56 Å². The molecule has 0 nitrogen and oxygen atoms in total. The van der Waals surface area contributed by atoms with Crippen LogP contribution in [0.1, 0.15) is 87.7 Å². The summed E-state index contributed by atoms with van der Waals surface area (Å²) in [4.78, 5) is 0. The predicted octanol–water partition coefficient (Wildman–Crippen LogP) is 6.38. The lowest BCUT2D eigenvalue weighted by Gasteiger charge is -2.18. The highest BCUT2D eigenvalue weighted by Crippen LogP contribution is 2.29. The summed E-state index contributed by atoms with van der Waals surface area (Å²) in [6.45, 7) is 2.19. The average Bonchev–Trinajstić information content (AvgIpc) is 2.41. The van der Waals surface area contributed by atoms with E-state index in [-0.39, 0.29) is 0 Å². The summed E-state index contributed by atoms with van der Waals surface area (Å²) in [5.41, 5.74) is 2.97. The number of rotatable bonds is 1. The van der Waals surface area contributed by atoms with Crippen molar-refractivity contribution in [1.82, 2.24) is 0 Å². The fourth-order valence-electron chi connectivity index (χ4n) is 3.34. The van der Waals surface area contributed by atoms with Gasteiger partial charge in [-0.25, -0.2) is 0 Å². The van der Waals surface area contributed by atoms with Gasteiger partial charge in [-0.15, -0.1) is 0 Å². The molecule has 2 rings (SSSR count). The van der Waals surface area contributed by atoms with E-state index in [1.807, 2.05) is 0 Å². The first kappa shape index (κ1) is 14.6. The summed E-state index contributed by atoms with van der Waals surface area (Å²) >= 11 is 0. The highest BCUT2D eigenvalue weighted by Gasteiger charge is 2.11. The van der Waals surface area contributed by atoms with Crippen molar-refractivity contribution in [1.29, 1.82) is 0 Å². The van der Waals surface area contributed by atoms with E-state index in [1.165, 1.54) is 76.2 Å². The highest BCUT2D eigenvalue weighted by molar-refractivity contribution is 5.24. The Morgan fingerprint density at radius 2 is 1.05 bits per heavy atom. The number of hydrogen-bond acceptors (Lipinski definition) is 0. The topological polar surface area (TPSA) is 0 Å². The molecule has 0 spiro atoms. The molecule has 1 fully saturated rings. The van der Waals surface area contributed by atoms with E-state index in [0.29, 0.717) is 0 Å². The third-order valence-corrected chi connectivity index (χ3v) is 4.65. The van der Waals surface area contributed by atoms with E-state index in [9.17, 15) is 0 Å². The summed E-state index contributed by atoms with van der Waals surface area (Å²) in [5.74, 6) is 0.819. The Morgan fingerprint density at radius 3 is 1.53 bits per heavy atom. The summed E-state index contributed by atoms with van der Waals surface area (Å²) in [5, 5.41) is 0. The number of hydrogen-bond donors (Lipinski definition) is 0. The van der Waals surface area contributed by atoms with Crippen LogP contribution < -0.4 is 0 Å². The number of aryl methyl sites for hydroxylation is 1. The van der Waals surface area contributed by atoms with Crippen molar-refractivity contribution >= 4 is 0 Å². The molecule has 0 N–H and O–H groups in total. The average molecular weight is 258 g/mol. The van der Waals surface area contributed by atoms with Gasteiger partial charge in [-0.3, -0.25) is 0 Å². The largest absolute Gasteiger partial charge is 0.0590 e. The third kappa shape index (κ3) is 5.38. The van der Waals surface area contributed by atoms with Gasteiger partial charge >= 0.3 is 0 Å². The summed E-state index contributed by atoms with van der Waals surface area (Å²) in [6.07, 6.45) is 15.9. The molecule has 1 aromatic rings. The molecule has 0 saturated heterocycles. The smallest absolute Gasteiger partial charge is 0.0162 e. The van der Waals surface area contributed by atoms with Gasteiger partial charge in [0.15, 0.2) is 0 Å². The second-order valence-corrected chi connectivity index (χ2v) is 6.37. The second-order valence-electron chi connectivity index (χ2n) is 6.37. The van der Waals surface area contributed by atoms with Crippen LogP contribution >= 0.6 is 0 Å². The van der Waals surface area contributed by atoms with Crippen LogP contribution in [0.3, 0.4) is 0 Å². The van der Waals surface area contributed by atoms with Crippen LogP contribution in [-0.2, 0) is 0 Å². The second kappa shape index (κ2) is 8.40. The van der Waals surface area contributed by atoms with E-state index >= 15 is 0 Å². The fraction of sp³-hybridized carbons (Fsp3) is 0.684. The molecular formula is C19H30. The lowest BCUT2D eigenvalue weighted by molar-refractivity contribution is 0.467. The van der Waals surface area contributed by atoms with E-state index in [2.05, 4.69) is 31.2 Å². The molecule has 19 heavy (non-hydrogen) atoms. The van der Waals surface area contributed by atoms with Gasteiger partial charge in [0.05, 0.1) is 0 Å². The molecule has 0 atom stereocenters. The van der Waals surface area contributed by atoms with Gasteiger partial charge in [0, 0.05) is 0 Å². The molecule has 0 aliphatic heterocycles. The van der Waals surface area contributed by atoms with Crippen LogP contribution in [0, 0.1) is 6.92 Å². The first-order valence-corrected chi connectivity index (χ1v) is 8.43. The molecule has 1 saturated carbocycles. The summed E-state index contributed by atoms with van der Waals surface area (Å²) < 4.78 is 0. The SMILES string of the molecule is Cc1ccc(C2CCCCCCCCCCC2)cc1. The molecular weight excluding hydrogens is 228 g/mol. The van der Waals surface area contributed by atoms with Crippen molar-refractivity contribution in [2.24, 2.45) is 0 Å². The van der Waals surface area contributed by atoms with Crippen LogP contribution in [0.25, 0.3) is 0 Å². The van der Waals surface area contributed by atoms with Crippen molar-refractivity contribution in [2.75, 3.05) is 0 Å². The summed E-state index contributed by atoms with van der Waals surface area (Å²) in [7, 11) is 0. The Balaban J connectivity index is 1.92. The molecule has 0 heteroatoms. The van der Waals surface area contributed by atoms with Crippen molar-refractivity contribution < 1.29 is 0 Å². The molecule has 106 valence electrons. The molecule has 0 heterocycles. The van der Waals surface area contributed by atoms with Crippen molar-refractivity contribution in [3.63, 3.8) is 0 Å². The Morgan fingerprint density at radius 1 is 0.632 bits per heavy atom. The minimum absolute atomic E-state index is 0.819. The van der Waals surface area contributed by atoms with Crippen LogP contribution in [0.5, 0.6) is 0 Å². The first-order valence-electron chi connectivity index (χ1n) is 8.43. The van der Waals surface area contributed by atoms with Crippen LogP contribution in [0.2, 0.25) is 0 Å². The predicted molar refractivity (Wildman–Crippen MR) is 84.7 cm³/mol. The molecule has 1 aliphatic carbocycles. The minimum atomic E-state index is 0.819. The van der Waals surface area contributed by atoms with Crippen LogP contribution in [-0.4, -0.2) is 0 Å². The van der Waals surface area contributed by atoms with E-state index < -0.39 is 0 Å². The quantitative estimate of drug-likeness (QED) is 0.548. The lowest BCUT2D eigenvalue weighted by atomic mass is 9.87. The van der Waals surface area contributed by atoms with Crippen molar-refractivity contribution in [3.05, 3.63) is 35.4 Å². The Labute approximate surface area is 119 Å². The Bertz CT molecular complexity index is 324. The maximum atomic E-state index is 2.37. The maximum Gasteiger partial charge on any atom is -0.0162 e. The lowest BCUT2D eigenvalue weighted by Crippen LogP contribution is -2.00. The molecule has 0 amide bonds. The first-order chi connectivity index (χ1) is 9.36. The Hall–Kier alpha value is -0.780. The zero-order chi connectivity index (χ0) is 13.3. The van der Waals surface area contributed by atoms with Gasteiger partial charge in [0.1, 0.15) is 0 Å². The zero-order valence-electron chi connectivity index (χ0n) is 12.7.